The third kappa shape index (κ3) is 48.1. The van der Waals surface area contributed by atoms with Gasteiger partial charge in [0.15, 0.2) is 0 Å². The topological polar surface area (TPSA) is 0 Å². The van der Waals surface area contributed by atoms with Crippen LogP contribution in [-0.4, -0.2) is 0 Å². The quantitative estimate of drug-likeness (QED) is 0.0416. The van der Waals surface area contributed by atoms with Crippen molar-refractivity contribution in [1.82, 2.24) is 0 Å². The van der Waals surface area contributed by atoms with Crippen LogP contribution in [0.5, 0.6) is 0 Å². The van der Waals surface area contributed by atoms with E-state index in [0.717, 1.165) is 12.8 Å². The minimum Gasteiger partial charge on any atom is -0.518 e. The molecule has 1 heteroatoms. The normalized spacial score (nSPS) is 10.5. The van der Waals surface area contributed by atoms with Gasteiger partial charge in [-0.2, -0.15) is 0 Å². The van der Waals surface area contributed by atoms with Gasteiger partial charge < -0.3 is 13.2 Å². The Kier molecular flexibility index (Phi) is 50.1. The maximum absolute atomic E-state index is 5.36. The molecule has 0 amide bonds. The van der Waals surface area contributed by atoms with Crippen molar-refractivity contribution in [3.8, 4) is 0 Å². The maximum atomic E-state index is 5.36. The maximum Gasteiger partial charge on any atom is 2.00 e. The molecule has 0 rings (SSSR count). The number of hydrogen-bond acceptors (Lipinski definition) is 0. The fourth-order valence-corrected chi connectivity index (χ4v) is 5.27. The van der Waals surface area contributed by atoms with Gasteiger partial charge in [-0.05, 0) is 0 Å². The molecule has 0 spiro atoms. The smallest absolute Gasteiger partial charge is 0.518 e. The van der Waals surface area contributed by atoms with Gasteiger partial charge in [0.05, 0.1) is 0 Å². The van der Waals surface area contributed by atoms with Crippen LogP contribution < -0.4 is 0 Å². The van der Waals surface area contributed by atoms with Gasteiger partial charge in [-0.1, -0.05) is 219 Å². The monoisotopic (exact) mass is 589 g/mol. The molecular formula is C38H74Ni. The Labute approximate surface area is 260 Å². The fraction of sp³-hybridized carbons (Fsp3) is 0.895. The Morgan fingerprint density at radius 1 is 0.282 bits per heavy atom. The van der Waals surface area contributed by atoms with E-state index in [1.807, 2.05) is 0 Å². The van der Waals surface area contributed by atoms with E-state index in [9.17, 15) is 0 Å². The molecule has 236 valence electrons. The second-order valence-corrected chi connectivity index (χ2v) is 11.9. The summed E-state index contributed by atoms with van der Waals surface area (Å²) < 4.78 is 0. The van der Waals surface area contributed by atoms with Crippen molar-refractivity contribution in [1.29, 1.82) is 0 Å². The van der Waals surface area contributed by atoms with E-state index in [1.54, 1.807) is 12.2 Å². The molecule has 0 aliphatic carbocycles. The van der Waals surface area contributed by atoms with Crippen LogP contribution in [0.2, 0.25) is 0 Å². The predicted octanol–water partition coefficient (Wildman–Crippen LogP) is 14.5. The van der Waals surface area contributed by atoms with Gasteiger partial charge in [-0.15, -0.1) is 0 Å². The van der Waals surface area contributed by atoms with E-state index in [2.05, 4.69) is 13.8 Å². The van der Waals surface area contributed by atoms with E-state index in [4.69, 9.17) is 13.2 Å². The Morgan fingerprint density at radius 3 is 0.590 bits per heavy atom. The molecule has 0 fully saturated rings. The van der Waals surface area contributed by atoms with Crippen molar-refractivity contribution in [3.63, 3.8) is 0 Å². The molecule has 0 N–H and O–H groups in total. The van der Waals surface area contributed by atoms with E-state index >= 15 is 0 Å². The largest absolute Gasteiger partial charge is 2.00 e. The Morgan fingerprint density at radius 2 is 0.436 bits per heavy atom. The van der Waals surface area contributed by atoms with Gasteiger partial charge in [0.1, 0.15) is 0 Å². The van der Waals surface area contributed by atoms with E-state index in [-0.39, 0.29) is 16.5 Å². The summed E-state index contributed by atoms with van der Waals surface area (Å²) in [6.45, 7) is 15.3. The third-order valence-electron chi connectivity index (χ3n) is 7.95. The fourth-order valence-electron chi connectivity index (χ4n) is 5.27. The minimum absolute atomic E-state index is 0. The first kappa shape index (κ1) is 43.4. The van der Waals surface area contributed by atoms with Crippen molar-refractivity contribution in [2.75, 3.05) is 0 Å². The van der Waals surface area contributed by atoms with Crippen LogP contribution in [0.1, 0.15) is 219 Å². The van der Waals surface area contributed by atoms with Crippen LogP contribution >= 0.6 is 0 Å². The molecule has 0 nitrogen and oxygen atoms in total. The molecule has 0 aliphatic heterocycles. The summed E-state index contributed by atoms with van der Waals surface area (Å²) >= 11 is 0. The average Bonchev–Trinajstić information content (AvgIpc) is 2.93. The molecule has 0 aromatic carbocycles. The first-order valence-electron chi connectivity index (χ1n) is 17.9. The Bertz CT molecular complexity index is 364. The molecule has 0 aromatic heterocycles. The Balaban J connectivity index is -0.000000648. The molecule has 0 radical (unpaired) electrons. The van der Waals surface area contributed by atoms with Crippen molar-refractivity contribution in [2.24, 2.45) is 0 Å². The van der Waals surface area contributed by atoms with Crippen LogP contribution in [0, 0.1) is 13.2 Å². The summed E-state index contributed by atoms with van der Waals surface area (Å²) in [6, 6.07) is 0. The van der Waals surface area contributed by atoms with Crippen LogP contribution in [0.4, 0.5) is 0 Å². The van der Waals surface area contributed by atoms with Gasteiger partial charge in [-0.25, -0.2) is 0 Å². The predicted molar refractivity (Wildman–Crippen MR) is 177 cm³/mol. The molecule has 0 saturated heterocycles. The van der Waals surface area contributed by atoms with Gasteiger partial charge in [0.2, 0.25) is 0 Å². The van der Waals surface area contributed by atoms with Crippen LogP contribution in [0.15, 0.2) is 12.2 Å². The second-order valence-electron chi connectivity index (χ2n) is 11.9. The number of rotatable bonds is 32. The number of hydrogen-bond donors (Lipinski definition) is 0. The molecular weight excluding hydrogens is 515 g/mol. The first-order valence-corrected chi connectivity index (χ1v) is 17.9. The minimum atomic E-state index is 0. The van der Waals surface area contributed by atoms with Gasteiger partial charge in [-0.3, -0.25) is 12.2 Å². The standard InChI is InChI=1S/2C19H37.Ni/c2*1-3-5-7-9-11-13-15-17-19-18-16-14-12-10-8-6-4-2;/h2*1,3H,4-19H2,2H3;/q2*-1;+2. The number of allylic oxidation sites excluding steroid dienone is 2. The zero-order valence-electron chi connectivity index (χ0n) is 27.3. The summed E-state index contributed by atoms with van der Waals surface area (Å²) in [6.07, 6.45) is 48.7. The molecule has 0 aliphatic rings. The van der Waals surface area contributed by atoms with Crippen molar-refractivity contribution in [2.45, 2.75) is 219 Å². The van der Waals surface area contributed by atoms with E-state index < -0.39 is 0 Å². The molecule has 0 unspecified atom stereocenters. The second kappa shape index (κ2) is 45.0. The van der Waals surface area contributed by atoms with Crippen LogP contribution in [0.3, 0.4) is 0 Å². The van der Waals surface area contributed by atoms with Gasteiger partial charge in [0.25, 0.3) is 0 Å². The summed E-state index contributed by atoms with van der Waals surface area (Å²) in [5, 5.41) is 0. The van der Waals surface area contributed by atoms with Gasteiger partial charge >= 0.3 is 16.5 Å². The third-order valence-corrected chi connectivity index (χ3v) is 7.95. The summed E-state index contributed by atoms with van der Waals surface area (Å²) in [5.74, 6) is 0. The van der Waals surface area contributed by atoms with Gasteiger partial charge in [0, 0.05) is 0 Å². The molecule has 0 saturated carbocycles. The summed E-state index contributed by atoms with van der Waals surface area (Å²) in [4.78, 5) is 0. The van der Waals surface area contributed by atoms with Crippen molar-refractivity contribution < 1.29 is 16.5 Å². The zero-order valence-corrected chi connectivity index (χ0v) is 28.2. The first-order chi connectivity index (χ1) is 18.8. The van der Waals surface area contributed by atoms with Crippen molar-refractivity contribution >= 4 is 0 Å². The molecule has 0 aromatic rings. The summed E-state index contributed by atoms with van der Waals surface area (Å²) in [5.41, 5.74) is 0. The summed E-state index contributed by atoms with van der Waals surface area (Å²) in [7, 11) is 0. The SMILES string of the molecule is [CH-]=CCCCCCCCCCCCCCCCCC.[CH-]=CCCCCCCCCCCCCCCCCC.[Ni+2]. The molecule has 0 atom stereocenters. The van der Waals surface area contributed by atoms with Crippen LogP contribution in [0.25, 0.3) is 0 Å². The van der Waals surface area contributed by atoms with Crippen molar-refractivity contribution in [3.05, 3.63) is 25.3 Å². The zero-order chi connectivity index (χ0) is 28.0. The van der Waals surface area contributed by atoms with E-state index in [0.29, 0.717) is 0 Å². The van der Waals surface area contributed by atoms with E-state index in [1.165, 1.54) is 193 Å². The Hall–Kier alpha value is -0.0265. The molecule has 39 heavy (non-hydrogen) atoms. The average molecular weight is 590 g/mol. The molecule has 0 bridgehead atoms. The number of unbranched alkanes of at least 4 members (excludes halogenated alkanes) is 30. The molecule has 0 heterocycles. The van der Waals surface area contributed by atoms with Crippen LogP contribution in [-0.2, 0) is 16.5 Å².